The van der Waals surface area contributed by atoms with Crippen LogP contribution in [0.1, 0.15) is 70.3 Å². The van der Waals surface area contributed by atoms with Crippen molar-refractivity contribution < 1.29 is 14.4 Å². The predicted octanol–water partition coefficient (Wildman–Crippen LogP) is 3.66. The summed E-state index contributed by atoms with van der Waals surface area (Å²) in [5.41, 5.74) is 1.74. The lowest BCUT2D eigenvalue weighted by Gasteiger charge is -2.24. The summed E-state index contributed by atoms with van der Waals surface area (Å²) in [5, 5.41) is 5.88. The van der Waals surface area contributed by atoms with Crippen LogP contribution in [0.3, 0.4) is 0 Å². The number of hydrogen-bond donors (Lipinski definition) is 2. The normalized spacial score (nSPS) is 18.1. The Labute approximate surface area is 179 Å². The van der Waals surface area contributed by atoms with Gasteiger partial charge in [0.25, 0.3) is 0 Å². The van der Waals surface area contributed by atoms with Crippen molar-refractivity contribution in [1.29, 1.82) is 0 Å². The first-order valence-corrected chi connectivity index (χ1v) is 11.5. The number of amides is 3. The number of nitrogens with one attached hydrogen (secondary N) is 2. The lowest BCUT2D eigenvalue weighted by atomic mass is 9.87. The quantitative estimate of drug-likeness (QED) is 0.683. The molecule has 164 valence electrons. The van der Waals surface area contributed by atoms with E-state index in [0.29, 0.717) is 25.2 Å². The number of anilines is 1. The minimum absolute atomic E-state index is 0.000777. The third kappa shape index (κ3) is 6.57. The second-order valence-corrected chi connectivity index (χ2v) is 8.66. The average molecular weight is 414 g/mol. The Kier molecular flexibility index (Phi) is 8.29. The SMILES string of the molecule is CCC(=O)N[C@H](Cc1ccc(NC(=O)CC2CCCCC2)cc1)C(=O)N1CCCC1. The minimum Gasteiger partial charge on any atom is -0.344 e. The number of hydrogen-bond acceptors (Lipinski definition) is 3. The van der Waals surface area contributed by atoms with Gasteiger partial charge in [-0.2, -0.15) is 0 Å². The number of likely N-dealkylation sites (tertiary alicyclic amines) is 1. The Bertz CT molecular complexity index is 720. The van der Waals surface area contributed by atoms with Crippen molar-refractivity contribution >= 4 is 23.4 Å². The first kappa shape index (κ1) is 22.3. The zero-order valence-electron chi connectivity index (χ0n) is 18.1. The molecule has 2 N–H and O–H groups in total. The van der Waals surface area contributed by atoms with Crippen LogP contribution < -0.4 is 10.6 Å². The number of rotatable bonds is 8. The van der Waals surface area contributed by atoms with Crippen molar-refractivity contribution in [2.24, 2.45) is 5.92 Å². The molecule has 1 heterocycles. The number of carbonyl (C=O) groups excluding carboxylic acids is 3. The molecule has 1 atom stereocenters. The molecule has 0 unspecified atom stereocenters. The molecule has 3 amide bonds. The fraction of sp³-hybridized carbons (Fsp3) is 0.625. The molecule has 1 saturated carbocycles. The van der Waals surface area contributed by atoms with Gasteiger partial charge in [0.15, 0.2) is 0 Å². The number of carbonyl (C=O) groups is 3. The summed E-state index contributed by atoms with van der Waals surface area (Å²) >= 11 is 0. The molecule has 0 aromatic heterocycles. The van der Waals surface area contributed by atoms with Gasteiger partial charge in [0, 0.05) is 38.0 Å². The molecule has 0 spiro atoms. The second-order valence-electron chi connectivity index (χ2n) is 8.66. The Balaban J connectivity index is 1.56. The first-order chi connectivity index (χ1) is 14.5. The van der Waals surface area contributed by atoms with E-state index in [2.05, 4.69) is 10.6 Å². The molecule has 2 fully saturated rings. The van der Waals surface area contributed by atoms with Crippen LogP contribution in [-0.2, 0) is 20.8 Å². The Hall–Kier alpha value is -2.37. The van der Waals surface area contributed by atoms with Gasteiger partial charge in [0.05, 0.1) is 0 Å². The van der Waals surface area contributed by atoms with Crippen LogP contribution in [0.4, 0.5) is 5.69 Å². The van der Waals surface area contributed by atoms with Crippen molar-refractivity contribution in [2.75, 3.05) is 18.4 Å². The molecule has 0 bridgehead atoms. The van der Waals surface area contributed by atoms with E-state index in [-0.39, 0.29) is 17.7 Å². The maximum atomic E-state index is 12.9. The second kappa shape index (κ2) is 11.1. The highest BCUT2D eigenvalue weighted by Crippen LogP contribution is 2.26. The molecule has 1 aromatic rings. The van der Waals surface area contributed by atoms with Gasteiger partial charge in [-0.3, -0.25) is 14.4 Å². The summed E-state index contributed by atoms with van der Waals surface area (Å²) in [5.74, 6) is 0.475. The van der Waals surface area contributed by atoms with Crippen molar-refractivity contribution in [3.8, 4) is 0 Å². The van der Waals surface area contributed by atoms with Crippen molar-refractivity contribution in [3.05, 3.63) is 29.8 Å². The Morgan fingerprint density at radius 2 is 1.63 bits per heavy atom. The van der Waals surface area contributed by atoms with E-state index < -0.39 is 6.04 Å². The largest absolute Gasteiger partial charge is 0.344 e. The molecule has 1 aliphatic heterocycles. The maximum absolute atomic E-state index is 12.9. The smallest absolute Gasteiger partial charge is 0.245 e. The third-order valence-corrected chi connectivity index (χ3v) is 6.25. The van der Waals surface area contributed by atoms with Gasteiger partial charge in [0.2, 0.25) is 17.7 Å². The molecular weight excluding hydrogens is 378 g/mol. The number of nitrogens with zero attached hydrogens (tertiary/aromatic N) is 1. The van der Waals surface area contributed by atoms with Gasteiger partial charge in [-0.1, -0.05) is 38.3 Å². The first-order valence-electron chi connectivity index (χ1n) is 11.5. The van der Waals surface area contributed by atoms with Crippen molar-refractivity contribution in [1.82, 2.24) is 10.2 Å². The minimum atomic E-state index is -0.540. The molecule has 30 heavy (non-hydrogen) atoms. The van der Waals surface area contributed by atoms with Crippen molar-refractivity contribution in [3.63, 3.8) is 0 Å². The van der Waals surface area contributed by atoms with Crippen LogP contribution in [0.25, 0.3) is 0 Å². The van der Waals surface area contributed by atoms with E-state index in [9.17, 15) is 14.4 Å². The molecule has 0 radical (unpaired) electrons. The lowest BCUT2D eigenvalue weighted by Crippen LogP contribution is -2.48. The zero-order chi connectivity index (χ0) is 21.3. The molecule has 1 saturated heterocycles. The summed E-state index contributed by atoms with van der Waals surface area (Å²) in [4.78, 5) is 39.0. The topological polar surface area (TPSA) is 78.5 Å². The highest BCUT2D eigenvalue weighted by Gasteiger charge is 2.27. The van der Waals surface area contributed by atoms with E-state index >= 15 is 0 Å². The summed E-state index contributed by atoms with van der Waals surface area (Å²) in [6.07, 6.45) is 9.52. The summed E-state index contributed by atoms with van der Waals surface area (Å²) < 4.78 is 0. The van der Waals surface area contributed by atoms with Gasteiger partial charge in [-0.05, 0) is 49.3 Å². The molecule has 2 aliphatic rings. The summed E-state index contributed by atoms with van der Waals surface area (Å²) in [6.45, 7) is 3.32. The molecule has 6 heteroatoms. The van der Waals surface area contributed by atoms with E-state index in [1.165, 1.54) is 19.3 Å². The molecule has 3 rings (SSSR count). The van der Waals surface area contributed by atoms with Gasteiger partial charge < -0.3 is 15.5 Å². The predicted molar refractivity (Wildman–Crippen MR) is 118 cm³/mol. The van der Waals surface area contributed by atoms with E-state index in [1.54, 1.807) is 6.92 Å². The van der Waals surface area contributed by atoms with Crippen LogP contribution in [0.5, 0.6) is 0 Å². The summed E-state index contributed by atoms with van der Waals surface area (Å²) in [7, 11) is 0. The molecule has 6 nitrogen and oxygen atoms in total. The Morgan fingerprint density at radius 1 is 0.967 bits per heavy atom. The number of benzene rings is 1. The monoisotopic (exact) mass is 413 g/mol. The van der Waals surface area contributed by atoms with Crippen molar-refractivity contribution in [2.45, 2.75) is 77.2 Å². The molecule has 1 aromatic carbocycles. The Morgan fingerprint density at radius 3 is 2.27 bits per heavy atom. The van der Waals surface area contributed by atoms with Crippen LogP contribution in [0, 0.1) is 5.92 Å². The van der Waals surface area contributed by atoms with Crippen LogP contribution in [0.2, 0.25) is 0 Å². The average Bonchev–Trinajstić information content (AvgIpc) is 3.29. The fourth-order valence-corrected chi connectivity index (χ4v) is 4.48. The highest BCUT2D eigenvalue weighted by atomic mass is 16.2. The lowest BCUT2D eigenvalue weighted by molar-refractivity contribution is -0.135. The van der Waals surface area contributed by atoms with Crippen LogP contribution in [-0.4, -0.2) is 41.8 Å². The van der Waals surface area contributed by atoms with Crippen LogP contribution >= 0.6 is 0 Å². The summed E-state index contributed by atoms with van der Waals surface area (Å²) in [6, 6.07) is 7.08. The van der Waals surface area contributed by atoms with Gasteiger partial charge in [0.1, 0.15) is 6.04 Å². The van der Waals surface area contributed by atoms with Gasteiger partial charge in [-0.15, -0.1) is 0 Å². The van der Waals surface area contributed by atoms with Gasteiger partial charge in [-0.25, -0.2) is 0 Å². The van der Waals surface area contributed by atoms with E-state index in [0.717, 1.165) is 50.0 Å². The van der Waals surface area contributed by atoms with Crippen LogP contribution in [0.15, 0.2) is 24.3 Å². The van der Waals surface area contributed by atoms with Gasteiger partial charge >= 0.3 is 0 Å². The fourth-order valence-electron chi connectivity index (χ4n) is 4.48. The molecule has 1 aliphatic carbocycles. The zero-order valence-corrected chi connectivity index (χ0v) is 18.1. The van der Waals surface area contributed by atoms with E-state index in [4.69, 9.17) is 0 Å². The standard InChI is InChI=1S/C24H35N3O3/c1-2-22(28)26-21(24(30)27-14-6-7-15-27)16-19-10-12-20(13-11-19)25-23(29)17-18-8-4-3-5-9-18/h10-13,18,21H,2-9,14-17H2,1H3,(H,25,29)(H,26,28)/t21-/m1/s1. The highest BCUT2D eigenvalue weighted by molar-refractivity contribution is 5.91. The molecular formula is C24H35N3O3. The maximum Gasteiger partial charge on any atom is 0.245 e. The third-order valence-electron chi connectivity index (χ3n) is 6.25. The van der Waals surface area contributed by atoms with E-state index in [1.807, 2.05) is 29.2 Å².